The molecule has 0 bridgehead atoms. The van der Waals surface area contributed by atoms with Gasteiger partial charge in [-0.15, -0.1) is 24.0 Å². The van der Waals surface area contributed by atoms with Crippen molar-refractivity contribution >= 4 is 29.9 Å². The standard InChI is InChI=1S/C19H33N5O.HI/c1-4-23-12-14-24(15-13-23)11-9-21-19(20-3)22-10-16-25-18-7-5-17(2)6-8-18;/h5-8H,4,9-16H2,1-3H3,(H2,20,21,22);1H. The van der Waals surface area contributed by atoms with Crippen LogP contribution < -0.4 is 15.4 Å². The molecule has 0 radical (unpaired) electrons. The van der Waals surface area contributed by atoms with E-state index >= 15 is 0 Å². The fraction of sp³-hybridized carbons (Fsp3) is 0.632. The van der Waals surface area contributed by atoms with Crippen molar-refractivity contribution in [2.45, 2.75) is 13.8 Å². The first-order valence-corrected chi connectivity index (χ1v) is 9.30. The lowest BCUT2D eigenvalue weighted by Crippen LogP contribution is -2.49. The number of aryl methyl sites for hydroxylation is 1. The quantitative estimate of drug-likeness (QED) is 0.260. The van der Waals surface area contributed by atoms with Gasteiger partial charge in [-0.05, 0) is 25.6 Å². The Morgan fingerprint density at radius 3 is 2.27 bits per heavy atom. The molecule has 148 valence electrons. The number of nitrogens with one attached hydrogen (secondary N) is 2. The molecule has 7 heteroatoms. The van der Waals surface area contributed by atoms with E-state index in [2.05, 4.69) is 51.4 Å². The molecule has 1 aromatic rings. The summed E-state index contributed by atoms with van der Waals surface area (Å²) in [4.78, 5) is 9.27. The highest BCUT2D eigenvalue weighted by atomic mass is 127. The third kappa shape index (κ3) is 8.55. The van der Waals surface area contributed by atoms with Crippen LogP contribution in [-0.2, 0) is 0 Å². The number of halogens is 1. The van der Waals surface area contributed by atoms with Crippen LogP contribution in [0.15, 0.2) is 29.3 Å². The van der Waals surface area contributed by atoms with Crippen LogP contribution in [0.25, 0.3) is 0 Å². The fourth-order valence-electron chi connectivity index (χ4n) is 2.85. The van der Waals surface area contributed by atoms with E-state index in [1.165, 1.54) is 18.7 Å². The largest absolute Gasteiger partial charge is 0.492 e. The number of likely N-dealkylation sites (N-methyl/N-ethyl adjacent to an activating group) is 1. The van der Waals surface area contributed by atoms with Crippen molar-refractivity contribution in [3.63, 3.8) is 0 Å². The maximum atomic E-state index is 5.72. The highest BCUT2D eigenvalue weighted by molar-refractivity contribution is 14.0. The maximum Gasteiger partial charge on any atom is 0.191 e. The lowest BCUT2D eigenvalue weighted by atomic mass is 10.2. The molecule has 1 fully saturated rings. The van der Waals surface area contributed by atoms with E-state index in [0.29, 0.717) is 6.61 Å². The second kappa shape index (κ2) is 13.2. The minimum absolute atomic E-state index is 0. The second-order valence-corrected chi connectivity index (χ2v) is 6.36. The topological polar surface area (TPSA) is 52.1 Å². The summed E-state index contributed by atoms with van der Waals surface area (Å²) in [6.45, 7) is 13.4. The third-order valence-electron chi connectivity index (χ3n) is 4.54. The van der Waals surface area contributed by atoms with Crippen molar-refractivity contribution in [1.29, 1.82) is 0 Å². The molecule has 2 rings (SSSR count). The Hall–Kier alpha value is -1.06. The molecule has 0 unspecified atom stereocenters. The van der Waals surface area contributed by atoms with E-state index < -0.39 is 0 Å². The van der Waals surface area contributed by atoms with Crippen LogP contribution in [0.3, 0.4) is 0 Å². The van der Waals surface area contributed by atoms with Gasteiger partial charge in [-0.3, -0.25) is 9.89 Å². The van der Waals surface area contributed by atoms with Gasteiger partial charge in [-0.2, -0.15) is 0 Å². The van der Waals surface area contributed by atoms with Crippen LogP contribution in [0.1, 0.15) is 12.5 Å². The van der Waals surface area contributed by atoms with Gasteiger partial charge in [0.15, 0.2) is 5.96 Å². The lowest BCUT2D eigenvalue weighted by molar-refractivity contribution is 0.139. The first kappa shape index (κ1) is 23.0. The molecule has 0 amide bonds. The summed E-state index contributed by atoms with van der Waals surface area (Å²) >= 11 is 0. The van der Waals surface area contributed by atoms with Gasteiger partial charge in [-0.25, -0.2) is 0 Å². The number of hydrogen-bond acceptors (Lipinski definition) is 4. The summed E-state index contributed by atoms with van der Waals surface area (Å²) in [6, 6.07) is 8.12. The van der Waals surface area contributed by atoms with E-state index in [1.54, 1.807) is 7.05 Å². The van der Waals surface area contributed by atoms with E-state index in [0.717, 1.165) is 51.0 Å². The van der Waals surface area contributed by atoms with E-state index in [4.69, 9.17) is 4.74 Å². The van der Waals surface area contributed by atoms with Gasteiger partial charge in [0.25, 0.3) is 0 Å². The molecule has 1 aliphatic heterocycles. The average Bonchev–Trinajstić information content (AvgIpc) is 2.65. The average molecular weight is 475 g/mol. The summed E-state index contributed by atoms with van der Waals surface area (Å²) in [5.41, 5.74) is 1.24. The van der Waals surface area contributed by atoms with Gasteiger partial charge in [0, 0.05) is 46.3 Å². The minimum atomic E-state index is 0. The molecule has 26 heavy (non-hydrogen) atoms. The Kier molecular flexibility index (Phi) is 11.6. The van der Waals surface area contributed by atoms with Crippen LogP contribution >= 0.6 is 24.0 Å². The Morgan fingerprint density at radius 2 is 1.65 bits per heavy atom. The highest BCUT2D eigenvalue weighted by Crippen LogP contribution is 2.10. The summed E-state index contributed by atoms with van der Waals surface area (Å²) in [6.07, 6.45) is 0. The van der Waals surface area contributed by atoms with Gasteiger partial charge < -0.3 is 20.3 Å². The normalized spacial score (nSPS) is 16.0. The minimum Gasteiger partial charge on any atom is -0.492 e. The smallest absolute Gasteiger partial charge is 0.191 e. The first-order valence-electron chi connectivity index (χ1n) is 9.30. The van der Waals surface area contributed by atoms with Crippen molar-refractivity contribution in [2.24, 2.45) is 4.99 Å². The van der Waals surface area contributed by atoms with Crippen LogP contribution in [-0.4, -0.2) is 81.8 Å². The van der Waals surface area contributed by atoms with Crippen molar-refractivity contribution in [2.75, 3.05) is 66.0 Å². The van der Waals surface area contributed by atoms with E-state index in [-0.39, 0.29) is 24.0 Å². The third-order valence-corrected chi connectivity index (χ3v) is 4.54. The van der Waals surface area contributed by atoms with Crippen LogP contribution in [0, 0.1) is 6.92 Å². The molecule has 6 nitrogen and oxygen atoms in total. The number of piperazine rings is 1. The van der Waals surface area contributed by atoms with Crippen molar-refractivity contribution in [3.8, 4) is 5.75 Å². The Bertz CT molecular complexity index is 515. The zero-order valence-corrected chi connectivity index (χ0v) is 18.7. The number of hydrogen-bond donors (Lipinski definition) is 2. The van der Waals surface area contributed by atoms with Crippen molar-refractivity contribution in [3.05, 3.63) is 29.8 Å². The van der Waals surface area contributed by atoms with E-state index in [9.17, 15) is 0 Å². The highest BCUT2D eigenvalue weighted by Gasteiger charge is 2.14. The molecule has 1 aromatic carbocycles. The van der Waals surface area contributed by atoms with Crippen LogP contribution in [0.5, 0.6) is 5.75 Å². The molecule has 2 N–H and O–H groups in total. The molecule has 1 saturated heterocycles. The fourth-order valence-corrected chi connectivity index (χ4v) is 2.85. The molecule has 0 saturated carbocycles. The monoisotopic (exact) mass is 475 g/mol. The Morgan fingerprint density at radius 1 is 1.04 bits per heavy atom. The molecule has 1 heterocycles. The molecule has 0 aliphatic carbocycles. The number of ether oxygens (including phenoxy) is 1. The summed E-state index contributed by atoms with van der Waals surface area (Å²) in [7, 11) is 1.80. The van der Waals surface area contributed by atoms with Crippen molar-refractivity contribution in [1.82, 2.24) is 20.4 Å². The van der Waals surface area contributed by atoms with Gasteiger partial charge in [0.1, 0.15) is 12.4 Å². The molecule has 0 spiro atoms. The molecule has 0 atom stereocenters. The Labute approximate surface area is 175 Å². The second-order valence-electron chi connectivity index (χ2n) is 6.36. The predicted octanol–water partition coefficient (Wildman–Crippen LogP) is 1.79. The molecule has 1 aliphatic rings. The van der Waals surface area contributed by atoms with Crippen LogP contribution in [0.2, 0.25) is 0 Å². The molecular weight excluding hydrogens is 441 g/mol. The molecule has 0 aromatic heterocycles. The molecular formula is C19H34IN5O. The number of aliphatic imine (C=N–C) groups is 1. The van der Waals surface area contributed by atoms with Crippen LogP contribution in [0.4, 0.5) is 0 Å². The maximum absolute atomic E-state index is 5.72. The lowest BCUT2D eigenvalue weighted by Gasteiger charge is -2.34. The summed E-state index contributed by atoms with van der Waals surface area (Å²) in [5.74, 6) is 1.74. The zero-order chi connectivity index (χ0) is 17.9. The van der Waals surface area contributed by atoms with Gasteiger partial charge >= 0.3 is 0 Å². The number of nitrogens with zero attached hydrogens (tertiary/aromatic N) is 3. The number of benzene rings is 1. The number of guanidine groups is 1. The zero-order valence-electron chi connectivity index (χ0n) is 16.3. The summed E-state index contributed by atoms with van der Waals surface area (Å²) < 4.78 is 5.72. The first-order chi connectivity index (χ1) is 12.2. The number of rotatable bonds is 8. The predicted molar refractivity (Wildman–Crippen MR) is 120 cm³/mol. The SMILES string of the molecule is CCN1CCN(CCNC(=NC)NCCOc2ccc(C)cc2)CC1.I. The van der Waals surface area contributed by atoms with E-state index in [1.807, 2.05) is 12.1 Å². The van der Waals surface area contributed by atoms with Gasteiger partial charge in [0.2, 0.25) is 0 Å². The summed E-state index contributed by atoms with van der Waals surface area (Å²) in [5, 5.41) is 6.67. The van der Waals surface area contributed by atoms with Gasteiger partial charge in [-0.1, -0.05) is 24.6 Å². The Balaban J connectivity index is 0.00000338. The van der Waals surface area contributed by atoms with Crippen molar-refractivity contribution < 1.29 is 4.74 Å². The van der Waals surface area contributed by atoms with Gasteiger partial charge in [0.05, 0.1) is 6.54 Å².